The van der Waals surface area contributed by atoms with E-state index in [4.69, 9.17) is 16.3 Å². The third-order valence-corrected chi connectivity index (χ3v) is 5.74. The Morgan fingerprint density at radius 3 is 1.83 bits per heavy atom. The second kappa shape index (κ2) is 7.04. The standard InChI is InChI=1S/C19H20ClNOSi/c1-22-17-11-7-15(8-12-17)19(18(13-21)23(2,3)4)14-5-9-16(20)10-6-14/h5-12H,1-4H3/b19-18+. The lowest BCUT2D eigenvalue weighted by Crippen LogP contribution is -2.24. The van der Waals surface area contributed by atoms with E-state index in [9.17, 15) is 5.26 Å². The van der Waals surface area contributed by atoms with Crippen LogP contribution < -0.4 is 4.74 Å². The van der Waals surface area contributed by atoms with Gasteiger partial charge in [-0.2, -0.15) is 5.26 Å². The molecule has 0 heterocycles. The third kappa shape index (κ3) is 4.04. The Morgan fingerprint density at radius 2 is 1.43 bits per heavy atom. The summed E-state index contributed by atoms with van der Waals surface area (Å²) >= 11 is 6.02. The smallest absolute Gasteiger partial charge is 0.118 e. The normalized spacial score (nSPS) is 12.3. The highest BCUT2D eigenvalue weighted by atomic mass is 35.5. The number of methoxy groups -OCH3 is 1. The first-order chi connectivity index (χ1) is 10.9. The topological polar surface area (TPSA) is 33.0 Å². The number of hydrogen-bond donors (Lipinski definition) is 0. The molecule has 4 heteroatoms. The van der Waals surface area contributed by atoms with Gasteiger partial charge in [0.05, 0.1) is 21.3 Å². The van der Waals surface area contributed by atoms with Crippen molar-refractivity contribution >= 4 is 25.2 Å². The van der Waals surface area contributed by atoms with Gasteiger partial charge in [-0.15, -0.1) is 0 Å². The van der Waals surface area contributed by atoms with E-state index >= 15 is 0 Å². The Bertz CT molecular complexity index is 750. The molecule has 118 valence electrons. The molecule has 0 aliphatic carbocycles. The van der Waals surface area contributed by atoms with Crippen LogP contribution in [0.4, 0.5) is 0 Å². The van der Waals surface area contributed by atoms with E-state index in [1.165, 1.54) is 0 Å². The minimum atomic E-state index is -1.80. The van der Waals surface area contributed by atoms with Crippen LogP contribution in [0.25, 0.3) is 5.57 Å². The van der Waals surface area contributed by atoms with E-state index in [0.29, 0.717) is 5.02 Å². The highest BCUT2D eigenvalue weighted by Crippen LogP contribution is 2.32. The number of nitrogens with zero attached hydrogens (tertiary/aromatic N) is 1. The van der Waals surface area contributed by atoms with E-state index in [-0.39, 0.29) is 0 Å². The predicted octanol–water partition coefficient (Wildman–Crippen LogP) is 5.55. The minimum absolute atomic E-state index is 0.689. The fourth-order valence-corrected chi connectivity index (χ4v) is 3.93. The Balaban J connectivity index is 2.71. The Kier molecular flexibility index (Phi) is 5.30. The van der Waals surface area contributed by atoms with E-state index in [2.05, 4.69) is 25.7 Å². The Hall–Kier alpha value is -2.02. The van der Waals surface area contributed by atoms with E-state index in [1.807, 2.05) is 48.5 Å². The number of hydrogen-bond acceptors (Lipinski definition) is 2. The summed E-state index contributed by atoms with van der Waals surface area (Å²) in [5.74, 6) is 0.802. The van der Waals surface area contributed by atoms with Crippen molar-refractivity contribution in [3.8, 4) is 11.8 Å². The van der Waals surface area contributed by atoms with Crippen LogP contribution in [0.1, 0.15) is 11.1 Å². The van der Waals surface area contributed by atoms with Crippen molar-refractivity contribution in [3.63, 3.8) is 0 Å². The minimum Gasteiger partial charge on any atom is -0.497 e. The molecular formula is C19H20ClNOSi. The maximum Gasteiger partial charge on any atom is 0.118 e. The first-order valence-corrected chi connectivity index (χ1v) is 11.3. The van der Waals surface area contributed by atoms with Gasteiger partial charge in [0, 0.05) is 10.2 Å². The van der Waals surface area contributed by atoms with Crippen LogP contribution in [-0.2, 0) is 0 Å². The SMILES string of the molecule is COc1ccc(/C(=C(\C#N)[Si](C)(C)C)c2ccc(Cl)cc2)cc1. The second-order valence-electron chi connectivity index (χ2n) is 6.35. The van der Waals surface area contributed by atoms with Gasteiger partial charge in [-0.25, -0.2) is 0 Å². The number of rotatable bonds is 4. The monoisotopic (exact) mass is 341 g/mol. The zero-order valence-electron chi connectivity index (χ0n) is 13.9. The molecule has 0 saturated heterocycles. The zero-order valence-corrected chi connectivity index (χ0v) is 15.6. The van der Waals surface area contributed by atoms with Crippen molar-refractivity contribution < 1.29 is 4.74 Å². The number of benzene rings is 2. The molecule has 0 unspecified atom stereocenters. The molecule has 0 bridgehead atoms. The number of allylic oxidation sites excluding steroid dienone is 1. The Morgan fingerprint density at radius 1 is 0.957 bits per heavy atom. The lowest BCUT2D eigenvalue weighted by molar-refractivity contribution is 0.415. The van der Waals surface area contributed by atoms with E-state index in [0.717, 1.165) is 27.6 Å². The molecule has 0 aliphatic rings. The van der Waals surface area contributed by atoms with Gasteiger partial charge in [0.1, 0.15) is 5.75 Å². The number of halogens is 1. The predicted molar refractivity (Wildman–Crippen MR) is 99.4 cm³/mol. The van der Waals surface area contributed by atoms with E-state index in [1.54, 1.807) is 7.11 Å². The van der Waals surface area contributed by atoms with Crippen molar-refractivity contribution in [1.29, 1.82) is 5.26 Å². The average Bonchev–Trinajstić information content (AvgIpc) is 2.52. The van der Waals surface area contributed by atoms with Gasteiger partial charge in [-0.1, -0.05) is 55.5 Å². The number of ether oxygens (including phenoxy) is 1. The van der Waals surface area contributed by atoms with Crippen LogP contribution in [0, 0.1) is 11.3 Å². The largest absolute Gasteiger partial charge is 0.497 e. The van der Waals surface area contributed by atoms with Crippen LogP contribution in [0.3, 0.4) is 0 Å². The molecule has 2 rings (SSSR count). The van der Waals surface area contributed by atoms with Crippen LogP contribution >= 0.6 is 11.6 Å². The lowest BCUT2D eigenvalue weighted by atomic mass is 9.97. The molecule has 2 aromatic rings. The van der Waals surface area contributed by atoms with Crippen LogP contribution in [0.2, 0.25) is 24.7 Å². The summed E-state index contributed by atoms with van der Waals surface area (Å²) in [6.07, 6.45) is 0. The van der Waals surface area contributed by atoms with E-state index < -0.39 is 8.07 Å². The van der Waals surface area contributed by atoms with Crippen molar-refractivity contribution in [3.05, 3.63) is 69.9 Å². The lowest BCUT2D eigenvalue weighted by Gasteiger charge is -2.21. The molecule has 0 saturated carbocycles. The average molecular weight is 342 g/mol. The van der Waals surface area contributed by atoms with Gasteiger partial charge in [0.25, 0.3) is 0 Å². The van der Waals surface area contributed by atoms with Crippen molar-refractivity contribution in [1.82, 2.24) is 0 Å². The van der Waals surface area contributed by atoms with Crippen LogP contribution in [-0.4, -0.2) is 15.2 Å². The van der Waals surface area contributed by atoms with Gasteiger partial charge in [0.15, 0.2) is 0 Å². The zero-order chi connectivity index (χ0) is 17.0. The molecule has 23 heavy (non-hydrogen) atoms. The summed E-state index contributed by atoms with van der Waals surface area (Å²) in [6, 6.07) is 18.0. The molecule has 0 aromatic heterocycles. The van der Waals surface area contributed by atoms with Crippen molar-refractivity contribution in [2.45, 2.75) is 19.6 Å². The number of nitriles is 1. The first-order valence-electron chi connectivity index (χ1n) is 7.42. The molecule has 0 atom stereocenters. The maximum absolute atomic E-state index is 9.79. The summed E-state index contributed by atoms with van der Waals surface area (Å²) in [4.78, 5) is 0. The van der Waals surface area contributed by atoms with Crippen LogP contribution in [0.5, 0.6) is 5.75 Å². The summed E-state index contributed by atoms with van der Waals surface area (Å²) in [5, 5.41) is 11.4. The fraction of sp³-hybridized carbons (Fsp3) is 0.211. The highest BCUT2D eigenvalue weighted by Gasteiger charge is 2.25. The van der Waals surface area contributed by atoms with Crippen LogP contribution in [0.15, 0.2) is 53.7 Å². The second-order valence-corrected chi connectivity index (χ2v) is 11.8. The summed E-state index contributed by atoms with van der Waals surface area (Å²) in [7, 11) is -0.150. The molecule has 0 radical (unpaired) electrons. The van der Waals surface area contributed by atoms with Gasteiger partial charge < -0.3 is 4.74 Å². The molecule has 0 amide bonds. The summed E-state index contributed by atoms with van der Waals surface area (Å²) in [6.45, 7) is 6.56. The molecule has 0 fully saturated rings. The third-order valence-electron chi connectivity index (χ3n) is 3.62. The van der Waals surface area contributed by atoms with Gasteiger partial charge in [-0.05, 0) is 41.0 Å². The summed E-state index contributed by atoms with van der Waals surface area (Å²) < 4.78 is 5.23. The Labute approximate surface area is 144 Å². The van der Waals surface area contributed by atoms with Gasteiger partial charge >= 0.3 is 0 Å². The molecule has 0 aliphatic heterocycles. The molecular weight excluding hydrogens is 322 g/mol. The molecule has 2 aromatic carbocycles. The van der Waals surface area contributed by atoms with Gasteiger partial charge in [-0.3, -0.25) is 0 Å². The van der Waals surface area contributed by atoms with Crippen molar-refractivity contribution in [2.75, 3.05) is 7.11 Å². The highest BCUT2D eigenvalue weighted by molar-refractivity contribution is 6.85. The summed E-state index contributed by atoms with van der Waals surface area (Å²) in [5.41, 5.74) is 3.02. The quantitative estimate of drug-likeness (QED) is 0.539. The molecule has 0 N–H and O–H groups in total. The fourth-order valence-electron chi connectivity index (χ4n) is 2.43. The molecule has 0 spiro atoms. The maximum atomic E-state index is 9.79. The van der Waals surface area contributed by atoms with Crippen molar-refractivity contribution in [2.24, 2.45) is 0 Å². The van der Waals surface area contributed by atoms with Gasteiger partial charge in [0.2, 0.25) is 0 Å². The molecule has 2 nitrogen and oxygen atoms in total. The first kappa shape index (κ1) is 17.3.